The summed E-state index contributed by atoms with van der Waals surface area (Å²) in [5.41, 5.74) is 0. The van der Waals surface area contributed by atoms with Gasteiger partial charge in [0.1, 0.15) is 0 Å². The van der Waals surface area contributed by atoms with Crippen molar-refractivity contribution in [2.75, 3.05) is 6.79 Å². The average molecular weight is 204 g/mol. The number of carboxylic acid groups (broad SMARTS) is 1. The highest BCUT2D eigenvalue weighted by Crippen LogP contribution is 1.97. The molecule has 0 aromatic rings. The normalized spacial score (nSPS) is 9.21. The minimum atomic E-state index is -0.960. The number of hydrogen-bond acceptors (Lipinski definition) is 5. The number of esters is 2. The molecule has 0 heterocycles. The predicted octanol–water partition coefficient (Wildman–Crippen LogP) is 0.305. The number of carbonyl (C=O) groups excluding carboxylic acids is 2. The van der Waals surface area contributed by atoms with Crippen LogP contribution in [0.25, 0.3) is 0 Å². The molecular formula is C8H12O6. The van der Waals surface area contributed by atoms with Crippen LogP contribution < -0.4 is 0 Å². The van der Waals surface area contributed by atoms with Crippen LogP contribution in [0.3, 0.4) is 0 Å². The fraction of sp³-hybridized carbons (Fsp3) is 0.625. The van der Waals surface area contributed by atoms with Crippen molar-refractivity contribution in [3.8, 4) is 0 Å². The molecule has 0 aliphatic heterocycles. The first-order chi connectivity index (χ1) is 6.52. The van der Waals surface area contributed by atoms with Crippen molar-refractivity contribution in [2.45, 2.75) is 26.2 Å². The molecule has 0 aromatic carbocycles. The van der Waals surface area contributed by atoms with E-state index in [2.05, 4.69) is 9.47 Å². The molecule has 0 radical (unpaired) electrons. The molecule has 0 spiro atoms. The van der Waals surface area contributed by atoms with E-state index in [-0.39, 0.29) is 19.3 Å². The maximum absolute atomic E-state index is 10.8. The molecule has 0 unspecified atom stereocenters. The molecule has 0 amide bonds. The van der Waals surface area contributed by atoms with Gasteiger partial charge in [0, 0.05) is 19.8 Å². The molecule has 0 aromatic heterocycles. The van der Waals surface area contributed by atoms with E-state index in [9.17, 15) is 14.4 Å². The Labute approximate surface area is 80.8 Å². The lowest BCUT2D eigenvalue weighted by Crippen LogP contribution is -2.11. The first-order valence-electron chi connectivity index (χ1n) is 4.03. The van der Waals surface area contributed by atoms with Crippen LogP contribution in [0.15, 0.2) is 0 Å². The quantitative estimate of drug-likeness (QED) is 0.494. The lowest BCUT2D eigenvalue weighted by molar-refractivity contribution is -0.165. The largest absolute Gasteiger partial charge is 0.481 e. The first-order valence-corrected chi connectivity index (χ1v) is 4.03. The molecule has 0 bridgehead atoms. The molecule has 0 atom stereocenters. The van der Waals surface area contributed by atoms with Crippen molar-refractivity contribution in [1.29, 1.82) is 0 Å². The molecule has 6 nitrogen and oxygen atoms in total. The second-order valence-corrected chi connectivity index (χ2v) is 2.52. The maximum Gasteiger partial charge on any atom is 0.308 e. The molecule has 0 saturated heterocycles. The highest BCUT2D eigenvalue weighted by Gasteiger charge is 2.05. The van der Waals surface area contributed by atoms with Crippen LogP contribution in [0.2, 0.25) is 0 Å². The van der Waals surface area contributed by atoms with Crippen molar-refractivity contribution >= 4 is 17.9 Å². The van der Waals surface area contributed by atoms with Crippen LogP contribution in [0, 0.1) is 0 Å². The maximum atomic E-state index is 10.8. The minimum Gasteiger partial charge on any atom is -0.481 e. The number of aliphatic carboxylic acids is 1. The van der Waals surface area contributed by atoms with Crippen LogP contribution >= 0.6 is 0 Å². The summed E-state index contributed by atoms with van der Waals surface area (Å²) < 4.78 is 8.80. The Bertz CT molecular complexity index is 200. The Hall–Kier alpha value is -1.59. The van der Waals surface area contributed by atoms with Gasteiger partial charge in [-0.2, -0.15) is 0 Å². The Morgan fingerprint density at radius 2 is 1.79 bits per heavy atom. The Morgan fingerprint density at radius 1 is 1.14 bits per heavy atom. The number of carbonyl (C=O) groups is 3. The van der Waals surface area contributed by atoms with Crippen LogP contribution in [0.5, 0.6) is 0 Å². The van der Waals surface area contributed by atoms with Crippen molar-refractivity contribution in [3.63, 3.8) is 0 Å². The lowest BCUT2D eigenvalue weighted by Gasteiger charge is -2.03. The van der Waals surface area contributed by atoms with Gasteiger partial charge in [-0.15, -0.1) is 0 Å². The zero-order valence-corrected chi connectivity index (χ0v) is 7.82. The summed E-state index contributed by atoms with van der Waals surface area (Å²) in [6.45, 7) is 0.777. The van der Waals surface area contributed by atoms with Crippen molar-refractivity contribution in [2.24, 2.45) is 0 Å². The summed E-state index contributed by atoms with van der Waals surface area (Å²) >= 11 is 0. The van der Waals surface area contributed by atoms with E-state index in [1.807, 2.05) is 0 Å². The monoisotopic (exact) mass is 204 g/mol. The summed E-state index contributed by atoms with van der Waals surface area (Å²) in [5.74, 6) is -2.08. The Morgan fingerprint density at radius 3 is 2.29 bits per heavy atom. The van der Waals surface area contributed by atoms with Gasteiger partial charge in [0.2, 0.25) is 6.79 Å². The number of ether oxygens (including phenoxy) is 2. The highest BCUT2D eigenvalue weighted by molar-refractivity contribution is 5.71. The summed E-state index contributed by atoms with van der Waals surface area (Å²) in [7, 11) is 0. The van der Waals surface area contributed by atoms with Crippen molar-refractivity contribution < 1.29 is 29.0 Å². The molecule has 0 aliphatic carbocycles. The Balaban J connectivity index is 3.37. The fourth-order valence-electron chi connectivity index (χ4n) is 0.634. The smallest absolute Gasteiger partial charge is 0.308 e. The second kappa shape index (κ2) is 6.88. The van der Waals surface area contributed by atoms with Gasteiger partial charge < -0.3 is 14.6 Å². The zero-order chi connectivity index (χ0) is 11.0. The van der Waals surface area contributed by atoms with E-state index in [0.717, 1.165) is 0 Å². The van der Waals surface area contributed by atoms with Crippen LogP contribution in [0.1, 0.15) is 26.2 Å². The van der Waals surface area contributed by atoms with Gasteiger partial charge in [-0.05, 0) is 6.42 Å². The molecule has 0 rings (SSSR count). The number of carboxylic acids is 1. The Kier molecular flexibility index (Phi) is 6.09. The number of rotatable bonds is 6. The number of hydrogen-bond donors (Lipinski definition) is 1. The highest BCUT2D eigenvalue weighted by atomic mass is 16.7. The fourth-order valence-corrected chi connectivity index (χ4v) is 0.634. The second-order valence-electron chi connectivity index (χ2n) is 2.52. The molecule has 0 saturated carbocycles. The van der Waals surface area contributed by atoms with Gasteiger partial charge in [0.15, 0.2) is 0 Å². The topological polar surface area (TPSA) is 89.9 Å². The standard InChI is InChI=1S/C8H12O6/c1-6(9)13-5-14-8(12)4-2-3-7(10)11/h2-5H2,1H3,(H,10,11). The van der Waals surface area contributed by atoms with E-state index >= 15 is 0 Å². The molecular weight excluding hydrogens is 192 g/mol. The summed E-state index contributed by atoms with van der Waals surface area (Å²) in [5, 5.41) is 8.25. The summed E-state index contributed by atoms with van der Waals surface area (Å²) in [6, 6.07) is 0. The minimum absolute atomic E-state index is 0.00750. The van der Waals surface area contributed by atoms with E-state index in [1.54, 1.807) is 0 Å². The van der Waals surface area contributed by atoms with Crippen molar-refractivity contribution in [3.05, 3.63) is 0 Å². The van der Waals surface area contributed by atoms with E-state index in [1.165, 1.54) is 6.92 Å². The predicted molar refractivity (Wildman–Crippen MR) is 44.2 cm³/mol. The average Bonchev–Trinajstić information content (AvgIpc) is 2.02. The van der Waals surface area contributed by atoms with Gasteiger partial charge in [-0.1, -0.05) is 0 Å². The molecule has 14 heavy (non-hydrogen) atoms. The lowest BCUT2D eigenvalue weighted by atomic mass is 10.2. The third kappa shape index (κ3) is 8.51. The van der Waals surface area contributed by atoms with Crippen LogP contribution in [-0.2, 0) is 23.9 Å². The molecule has 6 heteroatoms. The van der Waals surface area contributed by atoms with Gasteiger partial charge in [-0.3, -0.25) is 14.4 Å². The van der Waals surface area contributed by atoms with E-state index in [4.69, 9.17) is 5.11 Å². The van der Waals surface area contributed by atoms with Gasteiger partial charge >= 0.3 is 17.9 Å². The zero-order valence-electron chi connectivity index (χ0n) is 7.82. The SMILES string of the molecule is CC(=O)OCOC(=O)CCCC(=O)O. The molecule has 80 valence electrons. The molecule has 0 fully saturated rings. The van der Waals surface area contributed by atoms with Gasteiger partial charge in [-0.25, -0.2) is 0 Å². The van der Waals surface area contributed by atoms with Gasteiger partial charge in [0.25, 0.3) is 0 Å². The van der Waals surface area contributed by atoms with Gasteiger partial charge in [0.05, 0.1) is 0 Å². The third-order valence-electron chi connectivity index (χ3n) is 1.25. The molecule has 0 aliphatic rings. The van der Waals surface area contributed by atoms with E-state index < -0.39 is 24.7 Å². The summed E-state index contributed by atoms with van der Waals surface area (Å²) in [6.07, 6.45) is 0.143. The third-order valence-corrected chi connectivity index (χ3v) is 1.25. The van der Waals surface area contributed by atoms with E-state index in [0.29, 0.717) is 0 Å². The molecule has 1 N–H and O–H groups in total. The van der Waals surface area contributed by atoms with Crippen LogP contribution in [0.4, 0.5) is 0 Å². The van der Waals surface area contributed by atoms with Crippen molar-refractivity contribution in [1.82, 2.24) is 0 Å². The summed E-state index contributed by atoms with van der Waals surface area (Å²) in [4.78, 5) is 31.1. The first kappa shape index (κ1) is 12.4. The van der Waals surface area contributed by atoms with Crippen LogP contribution in [-0.4, -0.2) is 29.8 Å².